The number of benzene rings is 3. The van der Waals surface area contributed by atoms with Crippen molar-refractivity contribution in [3.8, 4) is 0 Å². The minimum atomic E-state index is -2.58. The monoisotopic (exact) mass is 460 g/mol. The molecule has 0 N–H and O–H groups in total. The van der Waals surface area contributed by atoms with E-state index in [9.17, 15) is 0 Å². The first-order valence-corrected chi connectivity index (χ1v) is 16.1. The second-order valence-corrected chi connectivity index (χ2v) is 15.2. The van der Waals surface area contributed by atoms with Crippen molar-refractivity contribution >= 4 is 22.5 Å². The molecule has 3 rings (SSSR count). The van der Waals surface area contributed by atoms with Gasteiger partial charge < -0.3 is 0 Å². The zero-order valence-electron chi connectivity index (χ0n) is 21.1. The van der Waals surface area contributed by atoms with Crippen LogP contribution in [-0.4, -0.2) is 12.3 Å². The van der Waals surface area contributed by atoms with Crippen molar-refractivity contribution < 1.29 is 0 Å². The summed E-state index contributed by atoms with van der Waals surface area (Å²) in [5, 5.41) is 4.71. The zero-order chi connectivity index (χ0) is 23.3. The molecule has 0 amide bonds. The molecule has 0 saturated carbocycles. The first kappa shape index (κ1) is 25.7. The molecule has 0 fully saturated rings. The topological polar surface area (TPSA) is 0 Å². The molecule has 0 unspecified atom stereocenters. The Morgan fingerprint density at radius 2 is 0.758 bits per heavy atom. The average molecular weight is 461 g/mol. The second-order valence-electron chi connectivity index (χ2n) is 9.79. The predicted molar refractivity (Wildman–Crippen MR) is 152 cm³/mol. The fraction of sp³-hybridized carbons (Fsp3) is 0.438. The van der Waals surface area contributed by atoms with E-state index in [0.29, 0.717) is 0 Å². The Balaban J connectivity index is 1.95. The zero-order valence-corrected chi connectivity index (χ0v) is 22.0. The Kier molecular flexibility index (Phi) is 10.2. The summed E-state index contributed by atoms with van der Waals surface area (Å²) >= 11 is 0. The van der Waals surface area contributed by atoms with Gasteiger partial charge in [-0.25, -0.2) is 0 Å². The molecule has 0 bridgehead atoms. The predicted octanol–water partition coefficient (Wildman–Crippen LogP) is 8.46. The molecular weight excluding hydrogens is 415 g/mol. The summed E-state index contributed by atoms with van der Waals surface area (Å²) in [6.07, 6.45) is 16.2. The van der Waals surface area contributed by atoms with Gasteiger partial charge in [0, 0.05) is 0 Å². The molecule has 0 heterocycles. The van der Waals surface area contributed by atoms with Crippen molar-refractivity contribution in [1.82, 2.24) is 0 Å². The first-order chi connectivity index (χ1) is 16.3. The third-order valence-electron chi connectivity index (χ3n) is 7.61. The fourth-order valence-corrected chi connectivity index (χ4v) is 13.2. The third kappa shape index (κ3) is 5.78. The van der Waals surface area contributed by atoms with Crippen LogP contribution >= 0.6 is 6.60 Å². The van der Waals surface area contributed by atoms with Crippen LogP contribution in [0.25, 0.3) is 0 Å². The molecule has 0 radical (unpaired) electrons. The van der Waals surface area contributed by atoms with Crippen LogP contribution in [0.1, 0.15) is 78.1 Å². The average Bonchev–Trinajstić information content (AvgIpc) is 2.89. The van der Waals surface area contributed by atoms with Gasteiger partial charge in [0.15, 0.2) is 0 Å². The normalized spacial score (nSPS) is 12.8. The van der Waals surface area contributed by atoms with Crippen LogP contribution in [0.5, 0.6) is 0 Å². The molecular formula is C32H45P. The Morgan fingerprint density at radius 1 is 0.394 bits per heavy atom. The van der Waals surface area contributed by atoms with Gasteiger partial charge in [-0.3, -0.25) is 0 Å². The van der Waals surface area contributed by atoms with Gasteiger partial charge in [0.05, 0.1) is 0 Å². The summed E-state index contributed by atoms with van der Waals surface area (Å²) in [7, 11) is 0. The number of unbranched alkanes of at least 4 members (excludes halogenated alkanes) is 8. The molecule has 33 heavy (non-hydrogen) atoms. The molecule has 1 heteroatoms. The van der Waals surface area contributed by atoms with Crippen LogP contribution in [0, 0.1) is 0 Å². The summed E-state index contributed by atoms with van der Waals surface area (Å²) in [6, 6.07) is 34.7. The number of hydrogen-bond donors (Lipinski definition) is 0. The van der Waals surface area contributed by atoms with Crippen LogP contribution in [0.15, 0.2) is 91.0 Å². The second kappa shape index (κ2) is 13.1. The molecule has 0 aliphatic heterocycles. The van der Waals surface area contributed by atoms with Crippen molar-refractivity contribution in [2.24, 2.45) is 0 Å². The van der Waals surface area contributed by atoms with E-state index in [-0.39, 0.29) is 0 Å². The van der Waals surface area contributed by atoms with E-state index in [1.807, 2.05) is 0 Å². The molecule has 3 aromatic rings. The molecule has 0 atom stereocenters. The van der Waals surface area contributed by atoms with E-state index < -0.39 is 6.60 Å². The molecule has 0 nitrogen and oxygen atoms in total. The van der Waals surface area contributed by atoms with Crippen LogP contribution in [0.4, 0.5) is 0 Å². The maximum absolute atomic E-state index is 2.58. The van der Waals surface area contributed by atoms with Gasteiger partial charge >= 0.3 is 204 Å². The van der Waals surface area contributed by atoms with Crippen molar-refractivity contribution in [1.29, 1.82) is 0 Å². The van der Waals surface area contributed by atoms with Crippen LogP contribution in [-0.2, 0) is 0 Å². The summed E-state index contributed by atoms with van der Waals surface area (Å²) in [5.41, 5.74) is 0. The van der Waals surface area contributed by atoms with Crippen molar-refractivity contribution in [2.45, 2.75) is 78.1 Å². The van der Waals surface area contributed by atoms with Gasteiger partial charge in [0.25, 0.3) is 0 Å². The van der Waals surface area contributed by atoms with Crippen LogP contribution in [0.2, 0.25) is 0 Å². The Labute approximate surface area is 203 Å². The van der Waals surface area contributed by atoms with E-state index in [2.05, 4.69) is 105 Å². The van der Waals surface area contributed by atoms with Gasteiger partial charge in [-0.2, -0.15) is 0 Å². The molecule has 0 spiro atoms. The first-order valence-electron chi connectivity index (χ1n) is 13.4. The molecule has 0 saturated heterocycles. The van der Waals surface area contributed by atoms with Crippen molar-refractivity contribution in [3.63, 3.8) is 0 Å². The molecule has 0 aliphatic carbocycles. The van der Waals surface area contributed by atoms with E-state index in [4.69, 9.17) is 0 Å². The molecule has 0 aromatic heterocycles. The quantitative estimate of drug-likeness (QED) is 0.158. The van der Waals surface area contributed by atoms with Crippen molar-refractivity contribution in [2.75, 3.05) is 12.3 Å². The van der Waals surface area contributed by atoms with E-state index in [1.54, 1.807) is 15.9 Å². The van der Waals surface area contributed by atoms with Crippen LogP contribution in [0.3, 0.4) is 0 Å². The summed E-state index contributed by atoms with van der Waals surface area (Å²) in [5.74, 6) is 0. The summed E-state index contributed by atoms with van der Waals surface area (Å²) in [4.78, 5) is 0. The van der Waals surface area contributed by atoms with Gasteiger partial charge in [-0.1, -0.05) is 0 Å². The fourth-order valence-electron chi connectivity index (χ4n) is 5.96. The van der Waals surface area contributed by atoms with E-state index in [0.717, 1.165) is 0 Å². The van der Waals surface area contributed by atoms with Gasteiger partial charge in [-0.15, -0.1) is 0 Å². The molecule has 178 valence electrons. The standard InChI is InChI=1S/C32H45P/c1-3-5-6-7-8-9-10-11-21-29-33(28-4-2,30-22-15-12-16-23-30,31-24-17-13-18-25-31)32-26-19-14-20-27-32/h12-20,22-27H,3-11,21,28-29H2,1-2H3. The maximum atomic E-state index is 2.43. The summed E-state index contributed by atoms with van der Waals surface area (Å²) in [6.45, 7) is 2.10. The van der Waals surface area contributed by atoms with Crippen LogP contribution < -0.4 is 15.9 Å². The van der Waals surface area contributed by atoms with E-state index in [1.165, 1.54) is 76.5 Å². The molecule has 0 aliphatic rings. The molecule has 3 aromatic carbocycles. The Bertz CT molecular complexity index is 802. The van der Waals surface area contributed by atoms with Crippen molar-refractivity contribution in [3.05, 3.63) is 91.0 Å². The SMILES string of the molecule is CCCCCCCCCCCP(CCC)(c1ccccc1)(c1ccccc1)c1ccccc1. The number of hydrogen-bond acceptors (Lipinski definition) is 0. The van der Waals surface area contributed by atoms with Gasteiger partial charge in [0.1, 0.15) is 0 Å². The minimum absolute atomic E-state index is 1.20. The Hall–Kier alpha value is -1.91. The summed E-state index contributed by atoms with van der Waals surface area (Å²) < 4.78 is 0. The Morgan fingerprint density at radius 3 is 1.12 bits per heavy atom. The third-order valence-corrected chi connectivity index (χ3v) is 15.0. The number of rotatable bonds is 15. The van der Waals surface area contributed by atoms with Gasteiger partial charge in [-0.05, 0) is 0 Å². The van der Waals surface area contributed by atoms with Gasteiger partial charge in [0.2, 0.25) is 0 Å². The van der Waals surface area contributed by atoms with E-state index >= 15 is 0 Å².